The molecule has 0 heterocycles. The Balaban J connectivity index is 2.49. The first kappa shape index (κ1) is 15.0. The third kappa shape index (κ3) is 3.03. The number of benzene rings is 2. The Morgan fingerprint density at radius 3 is 2.48 bits per heavy atom. The number of rotatable bonds is 5. The number of nitrogens with two attached hydrogens (primary N) is 1. The molecule has 21 heavy (non-hydrogen) atoms. The summed E-state index contributed by atoms with van der Waals surface area (Å²) >= 11 is 0. The highest BCUT2D eigenvalue weighted by Gasteiger charge is 2.39. The zero-order valence-corrected chi connectivity index (χ0v) is 11.3. The minimum atomic E-state index is -1.43. The third-order valence-corrected chi connectivity index (χ3v) is 3.55. The van der Waals surface area contributed by atoms with Crippen LogP contribution in [-0.2, 0) is 16.6 Å². The normalized spacial score (nSPS) is 13.6. The lowest BCUT2D eigenvalue weighted by atomic mass is 9.75. The van der Waals surface area contributed by atoms with Crippen molar-refractivity contribution in [3.05, 3.63) is 65.5 Å². The summed E-state index contributed by atoms with van der Waals surface area (Å²) in [6.45, 7) is -0.179. The first-order valence-electron chi connectivity index (χ1n) is 6.45. The number of aliphatic carboxylic acids is 1. The second-order valence-electron chi connectivity index (χ2n) is 4.95. The Hall–Kier alpha value is -2.40. The monoisotopic (exact) mass is 289 g/mol. The molecule has 0 aliphatic carbocycles. The lowest BCUT2D eigenvalue weighted by Gasteiger charge is -2.28. The van der Waals surface area contributed by atoms with Crippen LogP contribution in [0.4, 0.5) is 4.39 Å². The molecule has 4 nitrogen and oxygen atoms in total. The Bertz CT molecular complexity index is 659. The number of phenolic OH excluding ortho intramolecular Hbond substituents is 1. The van der Waals surface area contributed by atoms with E-state index < -0.39 is 17.2 Å². The van der Waals surface area contributed by atoms with Gasteiger partial charge in [0, 0.05) is 6.54 Å². The van der Waals surface area contributed by atoms with Crippen molar-refractivity contribution >= 4 is 5.97 Å². The van der Waals surface area contributed by atoms with Gasteiger partial charge in [-0.3, -0.25) is 4.79 Å². The predicted molar refractivity (Wildman–Crippen MR) is 76.6 cm³/mol. The number of hydrogen-bond donors (Lipinski definition) is 3. The van der Waals surface area contributed by atoms with E-state index in [9.17, 15) is 19.4 Å². The minimum Gasteiger partial charge on any atom is -0.508 e. The Morgan fingerprint density at radius 1 is 1.19 bits per heavy atom. The molecule has 0 spiro atoms. The molecule has 1 unspecified atom stereocenters. The van der Waals surface area contributed by atoms with Gasteiger partial charge in [0.25, 0.3) is 0 Å². The van der Waals surface area contributed by atoms with Crippen molar-refractivity contribution in [3.8, 4) is 5.75 Å². The molecule has 0 saturated carbocycles. The maximum atomic E-state index is 13.4. The fourth-order valence-electron chi connectivity index (χ4n) is 2.38. The van der Waals surface area contributed by atoms with Gasteiger partial charge in [0.15, 0.2) is 0 Å². The first-order chi connectivity index (χ1) is 9.98. The molecule has 0 radical (unpaired) electrons. The highest BCUT2D eigenvalue weighted by Crippen LogP contribution is 2.29. The fraction of sp³-hybridized carbons (Fsp3) is 0.188. The van der Waals surface area contributed by atoms with E-state index in [1.54, 1.807) is 18.2 Å². The van der Waals surface area contributed by atoms with Gasteiger partial charge < -0.3 is 15.9 Å². The SMILES string of the molecule is NCC(Cc1cccc(O)c1)(C(=O)O)c1cccc(F)c1. The average Bonchev–Trinajstić information content (AvgIpc) is 2.44. The van der Waals surface area contributed by atoms with Crippen molar-refractivity contribution in [2.24, 2.45) is 5.73 Å². The summed E-state index contributed by atoms with van der Waals surface area (Å²) in [5, 5.41) is 19.1. The number of carboxylic acid groups (broad SMARTS) is 1. The molecule has 0 aromatic heterocycles. The van der Waals surface area contributed by atoms with Crippen LogP contribution in [0.15, 0.2) is 48.5 Å². The number of carbonyl (C=O) groups is 1. The molecule has 2 aromatic rings. The molecule has 5 heteroatoms. The van der Waals surface area contributed by atoms with Gasteiger partial charge in [-0.15, -0.1) is 0 Å². The zero-order chi connectivity index (χ0) is 15.5. The maximum absolute atomic E-state index is 13.4. The molecule has 0 amide bonds. The smallest absolute Gasteiger partial charge is 0.315 e. The van der Waals surface area contributed by atoms with E-state index in [4.69, 9.17) is 5.73 Å². The molecule has 2 rings (SSSR count). The molecule has 2 aromatic carbocycles. The van der Waals surface area contributed by atoms with Gasteiger partial charge in [0.05, 0.1) is 0 Å². The summed E-state index contributed by atoms with van der Waals surface area (Å²) in [5.41, 5.74) is 5.20. The van der Waals surface area contributed by atoms with Gasteiger partial charge in [-0.1, -0.05) is 24.3 Å². The molecule has 4 N–H and O–H groups in total. The standard InChI is InChI=1S/C16H16FNO3/c17-13-5-2-4-12(8-13)16(10-18,15(20)21)9-11-3-1-6-14(19)7-11/h1-8,19H,9-10,18H2,(H,20,21). The molecule has 110 valence electrons. The lowest BCUT2D eigenvalue weighted by molar-refractivity contribution is -0.143. The van der Waals surface area contributed by atoms with Gasteiger partial charge in [-0.2, -0.15) is 0 Å². The van der Waals surface area contributed by atoms with Crippen molar-refractivity contribution < 1.29 is 19.4 Å². The summed E-state index contributed by atoms with van der Waals surface area (Å²) in [5.74, 6) is -1.59. The molecule has 0 bridgehead atoms. The van der Waals surface area contributed by atoms with Crippen molar-refractivity contribution in [1.82, 2.24) is 0 Å². The van der Waals surface area contributed by atoms with E-state index in [0.717, 1.165) is 0 Å². The molecule has 0 aliphatic rings. The van der Waals surface area contributed by atoms with Crippen LogP contribution in [0.25, 0.3) is 0 Å². The molecular weight excluding hydrogens is 273 g/mol. The number of halogens is 1. The topological polar surface area (TPSA) is 83.5 Å². The van der Waals surface area contributed by atoms with Crippen LogP contribution >= 0.6 is 0 Å². The van der Waals surface area contributed by atoms with Gasteiger partial charge in [0.2, 0.25) is 0 Å². The van der Waals surface area contributed by atoms with Crippen molar-refractivity contribution in [3.63, 3.8) is 0 Å². The van der Waals surface area contributed by atoms with E-state index in [-0.39, 0.29) is 18.7 Å². The van der Waals surface area contributed by atoms with Crippen LogP contribution in [0.5, 0.6) is 5.75 Å². The number of carboxylic acids is 1. The van der Waals surface area contributed by atoms with Crippen LogP contribution in [0.1, 0.15) is 11.1 Å². The van der Waals surface area contributed by atoms with Crippen LogP contribution in [0.3, 0.4) is 0 Å². The van der Waals surface area contributed by atoms with Gasteiger partial charge in [-0.25, -0.2) is 4.39 Å². The van der Waals surface area contributed by atoms with E-state index in [2.05, 4.69) is 0 Å². The number of hydrogen-bond acceptors (Lipinski definition) is 3. The average molecular weight is 289 g/mol. The number of phenols is 1. The minimum absolute atomic E-state index is 0.0445. The van der Waals surface area contributed by atoms with E-state index in [0.29, 0.717) is 11.1 Å². The molecule has 1 atom stereocenters. The quantitative estimate of drug-likeness (QED) is 0.786. The highest BCUT2D eigenvalue weighted by molar-refractivity contribution is 5.82. The van der Waals surface area contributed by atoms with Crippen molar-refractivity contribution in [2.45, 2.75) is 11.8 Å². The van der Waals surface area contributed by atoms with E-state index in [1.165, 1.54) is 30.3 Å². The molecular formula is C16H16FNO3. The summed E-state index contributed by atoms with van der Waals surface area (Å²) < 4.78 is 13.4. The van der Waals surface area contributed by atoms with E-state index in [1.807, 2.05) is 0 Å². The van der Waals surface area contributed by atoms with Crippen LogP contribution in [0.2, 0.25) is 0 Å². The van der Waals surface area contributed by atoms with Crippen LogP contribution in [-0.4, -0.2) is 22.7 Å². The maximum Gasteiger partial charge on any atom is 0.315 e. The summed E-state index contributed by atoms with van der Waals surface area (Å²) in [4.78, 5) is 11.8. The van der Waals surface area contributed by atoms with Gasteiger partial charge in [0.1, 0.15) is 17.0 Å². The zero-order valence-electron chi connectivity index (χ0n) is 11.3. The first-order valence-corrected chi connectivity index (χ1v) is 6.45. The van der Waals surface area contributed by atoms with Crippen LogP contribution in [0, 0.1) is 5.82 Å². The van der Waals surface area contributed by atoms with Crippen molar-refractivity contribution in [2.75, 3.05) is 6.54 Å². The van der Waals surface area contributed by atoms with E-state index >= 15 is 0 Å². The molecule has 0 saturated heterocycles. The van der Waals surface area contributed by atoms with Gasteiger partial charge >= 0.3 is 5.97 Å². The molecule has 0 fully saturated rings. The summed E-state index contributed by atoms with van der Waals surface area (Å²) in [6.07, 6.45) is 0.0662. The fourth-order valence-corrected chi connectivity index (χ4v) is 2.38. The number of aromatic hydroxyl groups is 1. The second-order valence-corrected chi connectivity index (χ2v) is 4.95. The highest BCUT2D eigenvalue weighted by atomic mass is 19.1. The molecule has 0 aliphatic heterocycles. The largest absolute Gasteiger partial charge is 0.508 e. The van der Waals surface area contributed by atoms with Crippen LogP contribution < -0.4 is 5.73 Å². The predicted octanol–water partition coefficient (Wildman–Crippen LogP) is 2.06. The second kappa shape index (κ2) is 5.93. The van der Waals surface area contributed by atoms with Crippen molar-refractivity contribution in [1.29, 1.82) is 0 Å². The Kier molecular flexibility index (Phi) is 4.23. The van der Waals surface area contributed by atoms with Gasteiger partial charge in [-0.05, 0) is 41.8 Å². The lowest BCUT2D eigenvalue weighted by Crippen LogP contribution is -2.45. The Labute approximate surface area is 121 Å². The summed E-state index contributed by atoms with van der Waals surface area (Å²) in [7, 11) is 0. The third-order valence-electron chi connectivity index (χ3n) is 3.55. The summed E-state index contributed by atoms with van der Waals surface area (Å²) in [6, 6.07) is 11.7. The Morgan fingerprint density at radius 2 is 1.90 bits per heavy atom.